The average molecular weight is 245 g/mol. The molecule has 0 aliphatic carbocycles. The van der Waals surface area contributed by atoms with Crippen molar-refractivity contribution in [3.8, 4) is 0 Å². The number of benzene rings is 1. The van der Waals surface area contributed by atoms with Crippen LogP contribution in [0.15, 0.2) is 41.4 Å². The number of hydrogen-bond acceptors (Lipinski definition) is 2. The lowest BCUT2D eigenvalue weighted by Gasteiger charge is -2.05. The predicted octanol–water partition coefficient (Wildman–Crippen LogP) is 3.61. The molecule has 0 fully saturated rings. The Hall–Kier alpha value is -1.48. The molecule has 1 aromatic carbocycles. The molecular weight excluding hydrogens is 230 g/mol. The molecule has 2 nitrogen and oxygen atoms in total. The lowest BCUT2D eigenvalue weighted by molar-refractivity contribution is 0.101. The highest BCUT2D eigenvalue weighted by atomic mass is 32.2. The number of ketones is 1. The SMILES string of the molecule is Cc1ccc(C)c(SCC(=O)c2ccc[nH]2)c1. The van der Waals surface area contributed by atoms with Gasteiger partial charge in [-0.15, -0.1) is 11.8 Å². The second-order valence-electron chi connectivity index (χ2n) is 4.06. The third-order valence-electron chi connectivity index (χ3n) is 2.60. The maximum atomic E-state index is 11.8. The van der Waals surface area contributed by atoms with E-state index in [1.54, 1.807) is 18.0 Å². The molecule has 0 spiro atoms. The Kier molecular flexibility index (Phi) is 3.69. The van der Waals surface area contributed by atoms with Crippen molar-refractivity contribution in [1.82, 2.24) is 4.98 Å². The van der Waals surface area contributed by atoms with Crippen LogP contribution in [-0.4, -0.2) is 16.5 Å². The van der Waals surface area contributed by atoms with Crippen molar-refractivity contribution in [3.63, 3.8) is 0 Å². The second kappa shape index (κ2) is 5.23. The van der Waals surface area contributed by atoms with E-state index in [9.17, 15) is 4.79 Å². The summed E-state index contributed by atoms with van der Waals surface area (Å²) in [5, 5.41) is 0. The van der Waals surface area contributed by atoms with E-state index in [2.05, 4.69) is 37.0 Å². The Morgan fingerprint density at radius 2 is 2.12 bits per heavy atom. The first-order chi connectivity index (χ1) is 8.16. The number of carbonyl (C=O) groups excluding carboxylic acids is 1. The van der Waals surface area contributed by atoms with Gasteiger partial charge in [-0.3, -0.25) is 4.79 Å². The van der Waals surface area contributed by atoms with Crippen molar-refractivity contribution < 1.29 is 4.79 Å². The highest BCUT2D eigenvalue weighted by Gasteiger charge is 2.08. The number of aromatic nitrogens is 1. The number of Topliss-reactive ketones (excluding diaryl/α,β-unsaturated/α-hetero) is 1. The van der Waals surface area contributed by atoms with Gasteiger partial charge in [0.2, 0.25) is 0 Å². The fourth-order valence-corrected chi connectivity index (χ4v) is 2.59. The Bertz CT molecular complexity index is 517. The van der Waals surface area contributed by atoms with Crippen LogP contribution in [-0.2, 0) is 0 Å². The summed E-state index contributed by atoms with van der Waals surface area (Å²) in [5.41, 5.74) is 3.13. The second-order valence-corrected chi connectivity index (χ2v) is 5.08. The van der Waals surface area contributed by atoms with Gasteiger partial charge >= 0.3 is 0 Å². The molecule has 0 aliphatic heterocycles. The minimum atomic E-state index is 0.140. The van der Waals surface area contributed by atoms with Crippen LogP contribution in [0.25, 0.3) is 0 Å². The molecule has 0 atom stereocenters. The summed E-state index contributed by atoms with van der Waals surface area (Å²) in [5.74, 6) is 0.617. The molecule has 0 bridgehead atoms. The van der Waals surface area contributed by atoms with E-state index < -0.39 is 0 Å². The molecule has 17 heavy (non-hydrogen) atoms. The molecular formula is C14H15NOS. The molecule has 1 N–H and O–H groups in total. The Morgan fingerprint density at radius 1 is 1.29 bits per heavy atom. The minimum Gasteiger partial charge on any atom is -0.359 e. The van der Waals surface area contributed by atoms with Crippen LogP contribution >= 0.6 is 11.8 Å². The number of hydrogen-bond donors (Lipinski definition) is 1. The Morgan fingerprint density at radius 3 is 2.82 bits per heavy atom. The summed E-state index contributed by atoms with van der Waals surface area (Å²) in [6.07, 6.45) is 1.77. The molecule has 3 heteroatoms. The number of aromatic amines is 1. The molecule has 2 rings (SSSR count). The third kappa shape index (κ3) is 3.01. The smallest absolute Gasteiger partial charge is 0.189 e. The van der Waals surface area contributed by atoms with Gasteiger partial charge in [-0.25, -0.2) is 0 Å². The maximum absolute atomic E-state index is 11.8. The first-order valence-corrected chi connectivity index (χ1v) is 6.52. The number of rotatable bonds is 4. The highest BCUT2D eigenvalue weighted by Crippen LogP contribution is 2.24. The molecule has 2 aromatic rings. The summed E-state index contributed by atoms with van der Waals surface area (Å²) in [6, 6.07) is 9.97. The largest absolute Gasteiger partial charge is 0.359 e. The standard InChI is InChI=1S/C14H15NOS/c1-10-5-6-11(2)14(8-10)17-9-13(16)12-4-3-7-15-12/h3-8,15H,9H2,1-2H3. The van der Waals surface area contributed by atoms with E-state index in [4.69, 9.17) is 0 Å². The number of thioether (sulfide) groups is 1. The zero-order chi connectivity index (χ0) is 12.3. The molecule has 0 aliphatic rings. The van der Waals surface area contributed by atoms with Crippen LogP contribution in [0.3, 0.4) is 0 Å². The molecule has 1 heterocycles. The van der Waals surface area contributed by atoms with Crippen LogP contribution in [0, 0.1) is 13.8 Å². The van der Waals surface area contributed by atoms with Crippen molar-refractivity contribution >= 4 is 17.5 Å². The summed E-state index contributed by atoms with van der Waals surface area (Å²) < 4.78 is 0. The van der Waals surface area contributed by atoms with E-state index in [0.717, 1.165) is 0 Å². The van der Waals surface area contributed by atoms with Crippen LogP contribution in [0.1, 0.15) is 21.6 Å². The molecule has 0 radical (unpaired) electrons. The van der Waals surface area contributed by atoms with Gasteiger partial charge in [0, 0.05) is 11.1 Å². The normalized spacial score (nSPS) is 10.5. The lowest BCUT2D eigenvalue weighted by atomic mass is 10.2. The highest BCUT2D eigenvalue weighted by molar-refractivity contribution is 8.00. The van der Waals surface area contributed by atoms with Gasteiger partial charge < -0.3 is 4.98 Å². The summed E-state index contributed by atoms with van der Waals surface area (Å²) >= 11 is 1.60. The van der Waals surface area contributed by atoms with E-state index >= 15 is 0 Å². The molecule has 88 valence electrons. The summed E-state index contributed by atoms with van der Waals surface area (Å²) in [6.45, 7) is 4.14. The van der Waals surface area contributed by atoms with Gasteiger partial charge in [-0.05, 0) is 37.6 Å². The monoisotopic (exact) mass is 245 g/mol. The van der Waals surface area contributed by atoms with Gasteiger partial charge in [0.25, 0.3) is 0 Å². The van der Waals surface area contributed by atoms with E-state index in [-0.39, 0.29) is 5.78 Å². The average Bonchev–Trinajstić information content (AvgIpc) is 2.83. The quantitative estimate of drug-likeness (QED) is 0.659. The van der Waals surface area contributed by atoms with Gasteiger partial charge in [-0.1, -0.05) is 17.7 Å². The first-order valence-electron chi connectivity index (χ1n) is 5.53. The van der Waals surface area contributed by atoms with Crippen molar-refractivity contribution in [3.05, 3.63) is 53.3 Å². The van der Waals surface area contributed by atoms with Crippen LogP contribution in [0.4, 0.5) is 0 Å². The number of aryl methyl sites for hydroxylation is 2. The zero-order valence-corrected chi connectivity index (χ0v) is 10.8. The zero-order valence-electron chi connectivity index (χ0n) is 9.99. The molecule has 0 amide bonds. The maximum Gasteiger partial charge on any atom is 0.189 e. The van der Waals surface area contributed by atoms with Crippen LogP contribution in [0.5, 0.6) is 0 Å². The van der Waals surface area contributed by atoms with Gasteiger partial charge in [0.15, 0.2) is 5.78 Å². The van der Waals surface area contributed by atoms with Crippen molar-refractivity contribution in [2.75, 3.05) is 5.75 Å². The number of H-pyrrole nitrogens is 1. The fourth-order valence-electron chi connectivity index (χ4n) is 1.59. The molecule has 0 saturated heterocycles. The Labute approximate surface area is 105 Å². The Balaban J connectivity index is 2.03. The van der Waals surface area contributed by atoms with Crippen molar-refractivity contribution in [2.45, 2.75) is 18.7 Å². The van der Waals surface area contributed by atoms with E-state index in [1.807, 2.05) is 12.1 Å². The fraction of sp³-hybridized carbons (Fsp3) is 0.214. The lowest BCUT2D eigenvalue weighted by Crippen LogP contribution is -2.02. The first kappa shape index (κ1) is 12.0. The van der Waals surface area contributed by atoms with Gasteiger partial charge in [0.1, 0.15) is 0 Å². The summed E-state index contributed by atoms with van der Waals surface area (Å²) in [4.78, 5) is 15.9. The van der Waals surface area contributed by atoms with Crippen LogP contribution < -0.4 is 0 Å². The van der Waals surface area contributed by atoms with Crippen molar-refractivity contribution in [2.24, 2.45) is 0 Å². The number of carbonyl (C=O) groups is 1. The third-order valence-corrected chi connectivity index (χ3v) is 3.76. The molecule has 0 saturated carbocycles. The van der Waals surface area contributed by atoms with Gasteiger partial charge in [0.05, 0.1) is 11.4 Å². The van der Waals surface area contributed by atoms with E-state index in [0.29, 0.717) is 11.4 Å². The topological polar surface area (TPSA) is 32.9 Å². The molecule has 1 aromatic heterocycles. The number of nitrogens with one attached hydrogen (secondary N) is 1. The predicted molar refractivity (Wildman–Crippen MR) is 71.8 cm³/mol. The minimum absolute atomic E-state index is 0.140. The van der Waals surface area contributed by atoms with Gasteiger partial charge in [-0.2, -0.15) is 0 Å². The summed E-state index contributed by atoms with van der Waals surface area (Å²) in [7, 11) is 0. The molecule has 0 unspecified atom stereocenters. The van der Waals surface area contributed by atoms with Crippen LogP contribution in [0.2, 0.25) is 0 Å². The van der Waals surface area contributed by atoms with E-state index in [1.165, 1.54) is 16.0 Å². The van der Waals surface area contributed by atoms with Crippen molar-refractivity contribution in [1.29, 1.82) is 0 Å².